The molecular weight excluding hydrogens is 356 g/mol. The number of carbonyl (C=O) groups excluding carboxylic acids is 2. The SMILES string of the molecule is CCOc1ccccc1C(=O)Nc1c(C(=O)NC(C)(C)C)oc2ccccc12. The lowest BCUT2D eigenvalue weighted by molar-refractivity contribution is 0.0894. The van der Waals surface area contributed by atoms with Crippen LogP contribution in [-0.4, -0.2) is 24.0 Å². The van der Waals surface area contributed by atoms with Crippen molar-refractivity contribution in [1.82, 2.24) is 5.32 Å². The van der Waals surface area contributed by atoms with Crippen molar-refractivity contribution in [2.75, 3.05) is 11.9 Å². The fourth-order valence-electron chi connectivity index (χ4n) is 2.84. The van der Waals surface area contributed by atoms with Crippen LogP contribution < -0.4 is 15.4 Å². The van der Waals surface area contributed by atoms with E-state index in [9.17, 15) is 9.59 Å². The topological polar surface area (TPSA) is 80.6 Å². The Kier molecular flexibility index (Phi) is 5.40. The summed E-state index contributed by atoms with van der Waals surface area (Å²) in [6.45, 7) is 7.93. The van der Waals surface area contributed by atoms with Crippen molar-refractivity contribution in [1.29, 1.82) is 0 Å². The molecule has 0 aliphatic carbocycles. The molecule has 28 heavy (non-hydrogen) atoms. The molecule has 3 aromatic rings. The molecule has 0 bridgehead atoms. The van der Waals surface area contributed by atoms with E-state index in [1.807, 2.05) is 39.8 Å². The standard InChI is InChI=1S/C22H24N2O4/c1-5-27-16-12-8-7-11-15(16)20(25)23-18-14-10-6-9-13-17(14)28-19(18)21(26)24-22(2,3)4/h6-13H,5H2,1-4H3,(H,23,25)(H,24,26). The molecule has 1 aromatic heterocycles. The molecule has 6 nitrogen and oxygen atoms in total. The molecule has 0 radical (unpaired) electrons. The average molecular weight is 380 g/mol. The highest BCUT2D eigenvalue weighted by Gasteiger charge is 2.26. The van der Waals surface area contributed by atoms with E-state index in [2.05, 4.69) is 10.6 Å². The van der Waals surface area contributed by atoms with Crippen molar-refractivity contribution >= 4 is 28.5 Å². The first kappa shape index (κ1) is 19.5. The summed E-state index contributed by atoms with van der Waals surface area (Å²) < 4.78 is 11.3. The Hall–Kier alpha value is -3.28. The fraction of sp³-hybridized carbons (Fsp3) is 0.273. The molecular formula is C22H24N2O4. The predicted molar refractivity (Wildman–Crippen MR) is 109 cm³/mol. The molecule has 1 heterocycles. The van der Waals surface area contributed by atoms with Crippen LogP contribution in [0.15, 0.2) is 52.9 Å². The summed E-state index contributed by atoms with van der Waals surface area (Å²) in [5.74, 6) is -0.216. The van der Waals surface area contributed by atoms with Gasteiger partial charge >= 0.3 is 0 Å². The summed E-state index contributed by atoms with van der Waals surface area (Å²) in [4.78, 5) is 25.7. The van der Waals surface area contributed by atoms with E-state index in [1.54, 1.807) is 36.4 Å². The molecule has 0 aliphatic heterocycles. The van der Waals surface area contributed by atoms with Crippen molar-refractivity contribution in [3.63, 3.8) is 0 Å². The molecule has 0 atom stereocenters. The molecule has 0 spiro atoms. The van der Waals surface area contributed by atoms with Crippen molar-refractivity contribution in [2.45, 2.75) is 33.2 Å². The van der Waals surface area contributed by atoms with Gasteiger partial charge in [0, 0.05) is 10.9 Å². The summed E-state index contributed by atoms with van der Waals surface area (Å²) in [6.07, 6.45) is 0. The van der Waals surface area contributed by atoms with Gasteiger partial charge in [0.2, 0.25) is 5.76 Å². The molecule has 6 heteroatoms. The minimum atomic E-state index is -0.446. The highest BCUT2D eigenvalue weighted by atomic mass is 16.5. The Morgan fingerprint density at radius 2 is 1.68 bits per heavy atom. The Labute approximate surface area is 163 Å². The van der Waals surface area contributed by atoms with Crippen LogP contribution in [0, 0.1) is 0 Å². The number of hydrogen-bond donors (Lipinski definition) is 2. The number of nitrogens with one attached hydrogen (secondary N) is 2. The van der Waals surface area contributed by atoms with Gasteiger partial charge in [-0.1, -0.05) is 24.3 Å². The average Bonchev–Trinajstić information content (AvgIpc) is 3.00. The van der Waals surface area contributed by atoms with E-state index in [4.69, 9.17) is 9.15 Å². The van der Waals surface area contributed by atoms with Crippen LogP contribution in [0.3, 0.4) is 0 Å². The zero-order valence-corrected chi connectivity index (χ0v) is 16.5. The molecule has 3 rings (SSSR count). The molecule has 0 saturated heterocycles. The number of benzene rings is 2. The summed E-state index contributed by atoms with van der Waals surface area (Å²) >= 11 is 0. The highest BCUT2D eigenvalue weighted by Crippen LogP contribution is 2.32. The van der Waals surface area contributed by atoms with Gasteiger partial charge in [-0.25, -0.2) is 0 Å². The number of amides is 2. The van der Waals surface area contributed by atoms with Crippen LogP contribution in [0.2, 0.25) is 0 Å². The smallest absolute Gasteiger partial charge is 0.289 e. The van der Waals surface area contributed by atoms with Crippen molar-refractivity contribution in [3.05, 3.63) is 59.9 Å². The van der Waals surface area contributed by atoms with Crippen LogP contribution in [0.1, 0.15) is 48.6 Å². The first-order valence-corrected chi connectivity index (χ1v) is 9.17. The quantitative estimate of drug-likeness (QED) is 0.677. The van der Waals surface area contributed by atoms with Gasteiger partial charge in [0.05, 0.1) is 12.2 Å². The van der Waals surface area contributed by atoms with E-state index in [1.165, 1.54) is 0 Å². The van der Waals surface area contributed by atoms with Gasteiger partial charge < -0.3 is 19.8 Å². The summed E-state index contributed by atoms with van der Waals surface area (Å²) in [7, 11) is 0. The lowest BCUT2D eigenvalue weighted by Gasteiger charge is -2.20. The molecule has 0 saturated carbocycles. The van der Waals surface area contributed by atoms with Crippen LogP contribution in [0.25, 0.3) is 11.0 Å². The van der Waals surface area contributed by atoms with E-state index in [0.29, 0.717) is 34.6 Å². The lowest BCUT2D eigenvalue weighted by Crippen LogP contribution is -2.40. The molecule has 2 N–H and O–H groups in total. The maximum atomic E-state index is 12.9. The number of rotatable bonds is 5. The summed E-state index contributed by atoms with van der Waals surface area (Å²) in [5.41, 5.74) is 0.805. The highest BCUT2D eigenvalue weighted by molar-refractivity contribution is 6.15. The van der Waals surface area contributed by atoms with Gasteiger partial charge in [0.15, 0.2) is 0 Å². The lowest BCUT2D eigenvalue weighted by atomic mass is 10.1. The molecule has 0 fully saturated rings. The predicted octanol–water partition coefficient (Wildman–Crippen LogP) is 4.61. The van der Waals surface area contributed by atoms with Crippen molar-refractivity contribution in [3.8, 4) is 5.75 Å². The first-order chi connectivity index (χ1) is 13.3. The molecule has 2 amide bonds. The maximum Gasteiger partial charge on any atom is 0.289 e. The van der Waals surface area contributed by atoms with Gasteiger partial charge in [-0.2, -0.15) is 0 Å². The largest absolute Gasteiger partial charge is 0.493 e. The number of anilines is 1. The van der Waals surface area contributed by atoms with Crippen LogP contribution in [0.5, 0.6) is 5.75 Å². The zero-order valence-electron chi connectivity index (χ0n) is 16.5. The van der Waals surface area contributed by atoms with Gasteiger partial charge in [0.1, 0.15) is 17.0 Å². The number of ether oxygens (including phenoxy) is 1. The van der Waals surface area contributed by atoms with E-state index >= 15 is 0 Å². The minimum Gasteiger partial charge on any atom is -0.493 e. The zero-order chi connectivity index (χ0) is 20.3. The van der Waals surface area contributed by atoms with E-state index in [0.717, 1.165) is 0 Å². The Balaban J connectivity index is 2.01. The van der Waals surface area contributed by atoms with Crippen molar-refractivity contribution < 1.29 is 18.7 Å². The van der Waals surface area contributed by atoms with Crippen LogP contribution >= 0.6 is 0 Å². The molecule has 2 aromatic carbocycles. The second-order valence-corrected chi connectivity index (χ2v) is 7.39. The second-order valence-electron chi connectivity index (χ2n) is 7.39. The minimum absolute atomic E-state index is 0.0679. The molecule has 0 aliphatic rings. The van der Waals surface area contributed by atoms with E-state index in [-0.39, 0.29) is 11.7 Å². The van der Waals surface area contributed by atoms with Gasteiger partial charge in [-0.05, 0) is 52.0 Å². The molecule has 0 unspecified atom stereocenters. The number of hydrogen-bond acceptors (Lipinski definition) is 4. The Morgan fingerprint density at radius 1 is 1.00 bits per heavy atom. The van der Waals surface area contributed by atoms with Gasteiger partial charge in [0.25, 0.3) is 11.8 Å². The van der Waals surface area contributed by atoms with Gasteiger partial charge in [-0.3, -0.25) is 9.59 Å². The fourth-order valence-corrected chi connectivity index (χ4v) is 2.84. The maximum absolute atomic E-state index is 12.9. The summed E-state index contributed by atoms with van der Waals surface area (Å²) in [6, 6.07) is 14.2. The third kappa shape index (κ3) is 4.17. The molecule has 146 valence electrons. The number of para-hydroxylation sites is 2. The summed E-state index contributed by atoms with van der Waals surface area (Å²) in [5, 5.41) is 6.37. The number of carbonyl (C=O) groups is 2. The Morgan fingerprint density at radius 3 is 2.39 bits per heavy atom. The third-order valence-electron chi connectivity index (χ3n) is 3.96. The van der Waals surface area contributed by atoms with Crippen molar-refractivity contribution in [2.24, 2.45) is 0 Å². The number of fused-ring (bicyclic) bond motifs is 1. The number of furan rings is 1. The second kappa shape index (κ2) is 7.76. The first-order valence-electron chi connectivity index (χ1n) is 9.17. The van der Waals surface area contributed by atoms with Crippen LogP contribution in [-0.2, 0) is 0 Å². The Bertz CT molecular complexity index is 1010. The normalized spacial score (nSPS) is 11.3. The monoisotopic (exact) mass is 380 g/mol. The van der Waals surface area contributed by atoms with Crippen LogP contribution in [0.4, 0.5) is 5.69 Å². The van der Waals surface area contributed by atoms with E-state index < -0.39 is 11.4 Å². The third-order valence-corrected chi connectivity index (χ3v) is 3.96. The van der Waals surface area contributed by atoms with Gasteiger partial charge in [-0.15, -0.1) is 0 Å².